The van der Waals surface area contributed by atoms with Gasteiger partial charge in [0.15, 0.2) is 0 Å². The molecule has 0 fully saturated rings. The summed E-state index contributed by atoms with van der Waals surface area (Å²) in [4.78, 5) is 3.72. The van der Waals surface area contributed by atoms with E-state index in [1.165, 1.54) is 6.07 Å². The van der Waals surface area contributed by atoms with E-state index in [0.717, 1.165) is 6.07 Å². The van der Waals surface area contributed by atoms with Crippen LogP contribution in [0.5, 0.6) is 0 Å². The highest BCUT2D eigenvalue weighted by molar-refractivity contribution is 7.80. The Bertz CT molecular complexity index is 1590. The Morgan fingerprint density at radius 2 is 1.67 bits per heavy atom. The lowest BCUT2D eigenvalue weighted by Gasteiger charge is -2.32. The lowest BCUT2D eigenvalue weighted by atomic mass is 9.76. The number of halogens is 10. The van der Waals surface area contributed by atoms with Crippen LogP contribution in [0.4, 0.5) is 39.6 Å². The van der Waals surface area contributed by atoms with Gasteiger partial charge in [0.25, 0.3) is 5.92 Å². The third-order valence-corrected chi connectivity index (χ3v) is 7.59. The van der Waals surface area contributed by atoms with Crippen LogP contribution in [-0.4, -0.2) is 47.6 Å². The van der Waals surface area contributed by atoms with Crippen LogP contribution in [0.1, 0.15) is 35.6 Å². The third kappa shape index (κ3) is 6.93. The number of alkyl halides is 8. The van der Waals surface area contributed by atoms with Crippen molar-refractivity contribution in [1.29, 1.82) is 0 Å². The van der Waals surface area contributed by atoms with Crippen molar-refractivity contribution < 1.29 is 39.6 Å². The maximum atomic E-state index is 14.6. The summed E-state index contributed by atoms with van der Waals surface area (Å²) in [7, 11) is 0. The van der Waals surface area contributed by atoms with Crippen LogP contribution in [0.3, 0.4) is 0 Å². The van der Waals surface area contributed by atoms with Gasteiger partial charge in [0.2, 0.25) is 0 Å². The van der Waals surface area contributed by atoms with Gasteiger partial charge in [-0.1, -0.05) is 71.3 Å². The molecule has 1 aliphatic heterocycles. The summed E-state index contributed by atoms with van der Waals surface area (Å²) in [6.45, 7) is 2.03. The van der Waals surface area contributed by atoms with E-state index in [0.29, 0.717) is 41.0 Å². The average Bonchev–Trinajstić information content (AvgIpc) is 3.36. The van der Waals surface area contributed by atoms with Crippen LogP contribution in [0.25, 0.3) is 16.5 Å². The summed E-state index contributed by atoms with van der Waals surface area (Å²) >= 11 is 10.7. The quantitative estimate of drug-likeness (QED) is 0.150. The first-order chi connectivity index (χ1) is 19.8. The van der Waals surface area contributed by atoms with Crippen molar-refractivity contribution in [2.24, 2.45) is 4.99 Å². The molecule has 230 valence electrons. The highest BCUT2D eigenvalue weighted by Crippen LogP contribution is 2.50. The lowest BCUT2D eigenvalue weighted by molar-refractivity contribution is -0.184. The Balaban J connectivity index is 1.66. The second-order valence-electron chi connectivity index (χ2n) is 10.3. The monoisotopic (exact) mass is 651 g/mol. The molecule has 3 aromatic carbocycles. The highest BCUT2D eigenvalue weighted by atomic mass is 35.5. The van der Waals surface area contributed by atoms with Crippen LogP contribution in [0.15, 0.2) is 66.2 Å². The molecule has 1 heterocycles. The minimum atomic E-state index is -4.97. The summed E-state index contributed by atoms with van der Waals surface area (Å²) < 4.78 is 124. The van der Waals surface area contributed by atoms with Crippen molar-refractivity contribution in [3.05, 3.63) is 88.5 Å². The van der Waals surface area contributed by atoms with E-state index in [9.17, 15) is 39.6 Å². The number of rotatable bonds is 8. The molecule has 1 aliphatic rings. The normalized spacial score (nSPS) is 17.6. The van der Waals surface area contributed by atoms with Gasteiger partial charge in [-0.3, -0.25) is 4.99 Å². The van der Waals surface area contributed by atoms with Gasteiger partial charge in [0, 0.05) is 40.9 Å². The minimum Gasteiger partial charge on any atom is -0.378 e. The third-order valence-electron chi connectivity index (χ3n) is 7.03. The standard InChI is InChI=1S/C29H23ClF9N3S/c1-16(40-13-25(43)42(39)15-26(2,31)32)20-7-8-23(22-6-4-3-5-21(20)22)24-12-27(14-41-24,29(36,37)38)17-9-18(28(33,34)35)11-19(30)10-17/h3-11,40H,1,12-15H2,2H3. The Labute approximate surface area is 251 Å². The SMILES string of the molecule is C=C(NCC(=S)N(F)CC(C)(F)F)c1ccc(C2=NCC(c3cc(Cl)cc(C(F)(F)F)c3)(C(F)(F)F)C2)c2ccccc12. The van der Waals surface area contributed by atoms with E-state index in [1.54, 1.807) is 30.3 Å². The summed E-state index contributed by atoms with van der Waals surface area (Å²) in [6, 6.07) is 11.6. The first-order valence-corrected chi connectivity index (χ1v) is 13.4. The molecule has 0 radical (unpaired) electrons. The number of benzene rings is 3. The van der Waals surface area contributed by atoms with Crippen molar-refractivity contribution in [2.45, 2.75) is 37.0 Å². The fraction of sp³-hybridized carbons (Fsp3) is 0.310. The molecule has 0 bridgehead atoms. The fourth-order valence-corrected chi connectivity index (χ4v) is 5.27. The minimum absolute atomic E-state index is 0.0296. The van der Waals surface area contributed by atoms with E-state index < -0.39 is 64.3 Å². The molecule has 1 N–H and O–H groups in total. The van der Waals surface area contributed by atoms with Crippen LogP contribution >= 0.6 is 23.8 Å². The van der Waals surface area contributed by atoms with E-state index in [4.69, 9.17) is 23.8 Å². The van der Waals surface area contributed by atoms with Crippen molar-refractivity contribution >= 4 is 51.0 Å². The average molecular weight is 652 g/mol. The van der Waals surface area contributed by atoms with Gasteiger partial charge in [0.1, 0.15) is 16.9 Å². The number of fused-ring (bicyclic) bond motifs is 1. The Morgan fingerprint density at radius 3 is 2.28 bits per heavy atom. The van der Waals surface area contributed by atoms with Crippen LogP contribution in [0, 0.1) is 0 Å². The van der Waals surface area contributed by atoms with Crippen molar-refractivity contribution in [3.8, 4) is 0 Å². The zero-order valence-electron chi connectivity index (χ0n) is 22.3. The second kappa shape index (κ2) is 11.6. The Kier molecular flexibility index (Phi) is 8.82. The molecule has 0 saturated carbocycles. The van der Waals surface area contributed by atoms with Gasteiger partial charge in [-0.15, -0.1) is 0 Å². The highest BCUT2D eigenvalue weighted by Gasteiger charge is 2.59. The molecule has 4 rings (SSSR count). The molecule has 0 spiro atoms. The number of hydrogen-bond acceptors (Lipinski definition) is 3. The predicted octanol–water partition coefficient (Wildman–Crippen LogP) is 8.93. The largest absolute Gasteiger partial charge is 0.416 e. The number of hydrogen-bond donors (Lipinski definition) is 1. The van der Waals surface area contributed by atoms with Gasteiger partial charge in [-0.2, -0.15) is 31.5 Å². The number of aliphatic imine (C=N–C) groups is 1. The molecular weight excluding hydrogens is 629 g/mol. The molecule has 1 unspecified atom stereocenters. The van der Waals surface area contributed by atoms with E-state index in [2.05, 4.69) is 16.9 Å². The summed E-state index contributed by atoms with van der Waals surface area (Å²) in [6.07, 6.45) is -10.6. The first-order valence-electron chi connectivity index (χ1n) is 12.6. The summed E-state index contributed by atoms with van der Waals surface area (Å²) in [5, 5.41) is 3.04. The first kappa shape index (κ1) is 32.6. The molecule has 3 aromatic rings. The molecular formula is C29H23ClF9N3S. The lowest BCUT2D eigenvalue weighted by Crippen LogP contribution is -2.44. The topological polar surface area (TPSA) is 27.6 Å². The summed E-state index contributed by atoms with van der Waals surface area (Å²) in [5.74, 6) is -3.32. The second-order valence-corrected chi connectivity index (χ2v) is 11.2. The van der Waals surface area contributed by atoms with Gasteiger partial charge < -0.3 is 5.32 Å². The number of nitrogens with zero attached hydrogens (tertiary/aromatic N) is 2. The van der Waals surface area contributed by atoms with Gasteiger partial charge >= 0.3 is 12.4 Å². The van der Waals surface area contributed by atoms with Crippen molar-refractivity contribution in [2.75, 3.05) is 19.6 Å². The zero-order chi connectivity index (χ0) is 32.0. The van der Waals surface area contributed by atoms with Gasteiger partial charge in [-0.05, 0) is 34.5 Å². The molecule has 1 atom stereocenters. The molecule has 0 amide bonds. The Morgan fingerprint density at radius 1 is 1.02 bits per heavy atom. The van der Waals surface area contributed by atoms with Crippen molar-refractivity contribution in [3.63, 3.8) is 0 Å². The van der Waals surface area contributed by atoms with E-state index in [1.807, 2.05) is 0 Å². The fourth-order valence-electron chi connectivity index (χ4n) is 4.89. The van der Waals surface area contributed by atoms with Crippen LogP contribution in [-0.2, 0) is 11.6 Å². The van der Waals surface area contributed by atoms with E-state index in [-0.39, 0.29) is 23.1 Å². The summed E-state index contributed by atoms with van der Waals surface area (Å²) in [5.41, 5.74) is -3.63. The maximum absolute atomic E-state index is 14.6. The number of thiocarbonyl (C=S) groups is 1. The van der Waals surface area contributed by atoms with Crippen LogP contribution < -0.4 is 5.32 Å². The number of nitrogens with one attached hydrogen (secondary N) is 1. The van der Waals surface area contributed by atoms with Crippen molar-refractivity contribution in [1.82, 2.24) is 10.4 Å². The van der Waals surface area contributed by atoms with Crippen LogP contribution in [0.2, 0.25) is 5.02 Å². The van der Waals surface area contributed by atoms with Gasteiger partial charge in [0.05, 0.1) is 18.7 Å². The molecule has 14 heteroatoms. The molecule has 0 aliphatic carbocycles. The molecule has 43 heavy (non-hydrogen) atoms. The van der Waals surface area contributed by atoms with E-state index >= 15 is 0 Å². The molecule has 3 nitrogen and oxygen atoms in total. The smallest absolute Gasteiger partial charge is 0.378 e. The Hall–Kier alpha value is -3.32. The van der Waals surface area contributed by atoms with Gasteiger partial charge in [-0.25, -0.2) is 8.78 Å². The predicted molar refractivity (Wildman–Crippen MR) is 152 cm³/mol. The maximum Gasteiger partial charge on any atom is 0.416 e. The molecule has 0 saturated heterocycles. The zero-order valence-corrected chi connectivity index (χ0v) is 23.9. The molecule has 0 aromatic heterocycles.